The van der Waals surface area contributed by atoms with Gasteiger partial charge >= 0.3 is 0 Å². The fourth-order valence-electron chi connectivity index (χ4n) is 3.09. The van der Waals surface area contributed by atoms with E-state index in [0.717, 1.165) is 23.2 Å². The van der Waals surface area contributed by atoms with Crippen LogP contribution in [0.25, 0.3) is 11.4 Å². The molecule has 2 aliphatic heterocycles. The summed E-state index contributed by atoms with van der Waals surface area (Å²) in [6.07, 6.45) is 2.41. The van der Waals surface area contributed by atoms with Crippen molar-refractivity contribution in [3.8, 4) is 11.4 Å². The summed E-state index contributed by atoms with van der Waals surface area (Å²) in [6.45, 7) is 0.646. The van der Waals surface area contributed by atoms with Crippen molar-refractivity contribution < 1.29 is 14.1 Å². The first kappa shape index (κ1) is 13.9. The number of rotatable bonds is 3. The van der Waals surface area contributed by atoms with Gasteiger partial charge in [0, 0.05) is 24.9 Å². The molecule has 23 heavy (non-hydrogen) atoms. The summed E-state index contributed by atoms with van der Waals surface area (Å²) in [7, 11) is 0. The van der Waals surface area contributed by atoms with E-state index in [-0.39, 0.29) is 11.8 Å². The van der Waals surface area contributed by atoms with Crippen molar-refractivity contribution in [2.45, 2.75) is 25.7 Å². The van der Waals surface area contributed by atoms with E-state index in [9.17, 15) is 9.59 Å². The van der Waals surface area contributed by atoms with Crippen molar-refractivity contribution in [2.24, 2.45) is 5.92 Å². The normalized spacial score (nSPS) is 20.1. The second-order valence-electron chi connectivity index (χ2n) is 5.99. The molecule has 2 amide bonds. The minimum absolute atomic E-state index is 0.0193. The van der Waals surface area contributed by atoms with E-state index in [4.69, 9.17) is 4.52 Å². The molecular weight excluding hydrogens is 296 g/mol. The zero-order chi connectivity index (χ0) is 15.8. The number of benzene rings is 1. The Balaban J connectivity index is 1.54. The summed E-state index contributed by atoms with van der Waals surface area (Å²) in [4.78, 5) is 27.2. The van der Waals surface area contributed by atoms with Crippen LogP contribution in [0.2, 0.25) is 0 Å². The smallest absolute Gasteiger partial charge is 0.228 e. The second kappa shape index (κ2) is 5.49. The number of carbonyl (C=O) groups is 2. The van der Waals surface area contributed by atoms with E-state index < -0.39 is 0 Å². The highest BCUT2D eigenvalue weighted by molar-refractivity contribution is 6.03. The molecule has 2 N–H and O–H groups in total. The number of anilines is 1. The van der Waals surface area contributed by atoms with Gasteiger partial charge in [0.05, 0.1) is 12.1 Å². The van der Waals surface area contributed by atoms with E-state index in [1.54, 1.807) is 0 Å². The number of aromatic nitrogens is 2. The first-order chi connectivity index (χ1) is 11.2. The van der Waals surface area contributed by atoms with Crippen LogP contribution in [-0.2, 0) is 22.4 Å². The molecule has 1 atom stereocenters. The van der Waals surface area contributed by atoms with Crippen molar-refractivity contribution in [1.29, 1.82) is 0 Å². The minimum Gasteiger partial charge on any atom is -0.356 e. The number of nitrogens with one attached hydrogen (secondary N) is 2. The third-order valence-corrected chi connectivity index (χ3v) is 4.31. The van der Waals surface area contributed by atoms with Gasteiger partial charge in [0.2, 0.25) is 23.5 Å². The molecule has 7 nitrogen and oxygen atoms in total. The number of para-hydroxylation sites is 1. The lowest BCUT2D eigenvalue weighted by molar-refractivity contribution is -0.123. The van der Waals surface area contributed by atoms with Gasteiger partial charge in [-0.3, -0.25) is 9.59 Å². The molecule has 4 rings (SSSR count). The molecule has 1 aromatic heterocycles. The highest BCUT2D eigenvalue weighted by atomic mass is 16.5. The van der Waals surface area contributed by atoms with Gasteiger partial charge in [-0.15, -0.1) is 0 Å². The molecule has 0 radical (unpaired) electrons. The lowest BCUT2D eigenvalue weighted by Crippen LogP contribution is -2.35. The van der Waals surface area contributed by atoms with Crippen molar-refractivity contribution in [3.05, 3.63) is 29.7 Å². The average Bonchev–Trinajstić information content (AvgIpc) is 3.14. The third kappa shape index (κ3) is 2.69. The first-order valence-electron chi connectivity index (χ1n) is 7.70. The monoisotopic (exact) mass is 312 g/mol. The van der Waals surface area contributed by atoms with Crippen LogP contribution in [-0.4, -0.2) is 28.5 Å². The molecule has 0 spiro atoms. The second-order valence-corrected chi connectivity index (χ2v) is 5.99. The Morgan fingerprint density at radius 3 is 3.00 bits per heavy atom. The first-order valence-corrected chi connectivity index (χ1v) is 7.70. The van der Waals surface area contributed by atoms with Gasteiger partial charge in [-0.1, -0.05) is 17.3 Å². The van der Waals surface area contributed by atoms with Gasteiger partial charge < -0.3 is 15.2 Å². The zero-order valence-corrected chi connectivity index (χ0v) is 12.5. The summed E-state index contributed by atoms with van der Waals surface area (Å²) in [5.41, 5.74) is 2.50. The summed E-state index contributed by atoms with van der Waals surface area (Å²) >= 11 is 0. The van der Waals surface area contributed by atoms with E-state index >= 15 is 0 Å². The van der Waals surface area contributed by atoms with E-state index in [1.807, 2.05) is 18.2 Å². The molecule has 3 heterocycles. The highest BCUT2D eigenvalue weighted by Crippen LogP contribution is 2.33. The number of nitrogens with zero attached hydrogens (tertiary/aromatic N) is 2. The topological polar surface area (TPSA) is 97.1 Å². The molecule has 1 saturated heterocycles. The van der Waals surface area contributed by atoms with E-state index in [1.165, 1.54) is 0 Å². The molecule has 0 saturated carbocycles. The summed E-state index contributed by atoms with van der Waals surface area (Å²) < 4.78 is 5.35. The Labute approximate surface area is 132 Å². The Bertz CT molecular complexity index is 773. The van der Waals surface area contributed by atoms with Crippen molar-refractivity contribution in [2.75, 3.05) is 11.9 Å². The molecular formula is C16H16N4O3. The molecule has 1 aromatic carbocycles. The minimum atomic E-state index is -0.0193. The molecule has 7 heteroatoms. The average molecular weight is 312 g/mol. The number of piperidine rings is 1. The molecule has 0 bridgehead atoms. The van der Waals surface area contributed by atoms with Crippen LogP contribution in [0.1, 0.15) is 24.3 Å². The fourth-order valence-corrected chi connectivity index (χ4v) is 3.09. The highest BCUT2D eigenvalue weighted by Gasteiger charge is 2.24. The predicted molar refractivity (Wildman–Crippen MR) is 81.5 cm³/mol. The molecule has 0 aliphatic carbocycles. The zero-order valence-electron chi connectivity index (χ0n) is 12.5. The van der Waals surface area contributed by atoms with Crippen molar-refractivity contribution in [1.82, 2.24) is 15.5 Å². The van der Waals surface area contributed by atoms with Crippen LogP contribution >= 0.6 is 0 Å². The maximum atomic E-state index is 11.6. The SMILES string of the molecule is O=C1CCC(Cc2nc(-c3cccc4c3NC(=O)C4)no2)CN1. The number of carbonyl (C=O) groups excluding carboxylic acids is 2. The number of hydrogen-bond donors (Lipinski definition) is 2. The summed E-state index contributed by atoms with van der Waals surface area (Å²) in [6, 6.07) is 5.68. The molecule has 1 unspecified atom stereocenters. The predicted octanol–water partition coefficient (Wildman–Crippen LogP) is 1.30. The van der Waals surface area contributed by atoms with Gasteiger partial charge in [-0.2, -0.15) is 4.98 Å². The van der Waals surface area contributed by atoms with Crippen LogP contribution in [0.15, 0.2) is 22.7 Å². The Kier molecular flexibility index (Phi) is 3.33. The van der Waals surface area contributed by atoms with Crippen LogP contribution < -0.4 is 10.6 Å². The van der Waals surface area contributed by atoms with Crippen LogP contribution in [0.5, 0.6) is 0 Å². The fraction of sp³-hybridized carbons (Fsp3) is 0.375. The summed E-state index contributed by atoms with van der Waals surface area (Å²) in [5, 5.41) is 9.75. The molecule has 1 fully saturated rings. The molecule has 2 aromatic rings. The van der Waals surface area contributed by atoms with E-state index in [2.05, 4.69) is 20.8 Å². The van der Waals surface area contributed by atoms with Crippen LogP contribution in [0.3, 0.4) is 0 Å². The number of amides is 2. The Morgan fingerprint density at radius 2 is 2.17 bits per heavy atom. The van der Waals surface area contributed by atoms with Gasteiger partial charge in [-0.25, -0.2) is 0 Å². The van der Waals surface area contributed by atoms with Crippen molar-refractivity contribution in [3.63, 3.8) is 0 Å². The van der Waals surface area contributed by atoms with Crippen LogP contribution in [0, 0.1) is 5.92 Å². The quantitative estimate of drug-likeness (QED) is 0.890. The van der Waals surface area contributed by atoms with Gasteiger partial charge in [0.25, 0.3) is 0 Å². The number of hydrogen-bond acceptors (Lipinski definition) is 5. The van der Waals surface area contributed by atoms with Gasteiger partial charge in [0.1, 0.15) is 0 Å². The Morgan fingerprint density at radius 1 is 1.26 bits per heavy atom. The van der Waals surface area contributed by atoms with Crippen molar-refractivity contribution >= 4 is 17.5 Å². The lowest BCUT2D eigenvalue weighted by atomic mass is 9.96. The largest absolute Gasteiger partial charge is 0.356 e. The van der Waals surface area contributed by atoms with Crippen LogP contribution in [0.4, 0.5) is 5.69 Å². The lowest BCUT2D eigenvalue weighted by Gasteiger charge is -2.20. The third-order valence-electron chi connectivity index (χ3n) is 4.31. The molecule has 118 valence electrons. The van der Waals surface area contributed by atoms with Gasteiger partial charge in [0.15, 0.2) is 0 Å². The van der Waals surface area contributed by atoms with E-state index in [0.29, 0.717) is 43.4 Å². The number of fused-ring (bicyclic) bond motifs is 1. The Hall–Kier alpha value is -2.70. The molecule has 2 aliphatic rings. The maximum absolute atomic E-state index is 11.6. The standard InChI is InChI=1S/C16H16N4O3/c21-12-5-4-9(8-17-12)6-14-19-16(20-23-14)11-3-1-2-10-7-13(22)18-15(10)11/h1-3,9H,4-8H2,(H,17,21)(H,18,22). The van der Waals surface area contributed by atoms with Gasteiger partial charge in [-0.05, 0) is 24.0 Å². The maximum Gasteiger partial charge on any atom is 0.228 e. The summed E-state index contributed by atoms with van der Waals surface area (Å²) in [5.74, 6) is 1.45.